The van der Waals surface area contributed by atoms with Crippen LogP contribution in [0.5, 0.6) is 0 Å². The monoisotopic (exact) mass is 637 g/mol. The van der Waals surface area contributed by atoms with Crippen molar-refractivity contribution >= 4 is 22.8 Å². The number of benzene rings is 1. The number of nitrogens with zero attached hydrogens (tertiary/aromatic N) is 5. The van der Waals surface area contributed by atoms with Crippen LogP contribution in [0.3, 0.4) is 0 Å². The molecule has 0 amide bonds. The van der Waals surface area contributed by atoms with Crippen molar-refractivity contribution in [2.45, 2.75) is 53.9 Å². The largest absolute Gasteiger partial charge is 0.384 e. The number of hydrogen-bond acceptors (Lipinski definition) is 7. The van der Waals surface area contributed by atoms with Crippen molar-refractivity contribution in [1.29, 1.82) is 0 Å². The van der Waals surface area contributed by atoms with E-state index in [0.29, 0.717) is 42.2 Å². The van der Waals surface area contributed by atoms with E-state index in [1.54, 1.807) is 13.2 Å². The number of fused-ring (bicyclic) bond motifs is 1. The van der Waals surface area contributed by atoms with Crippen LogP contribution in [0, 0.1) is 11.6 Å². The number of methoxy groups -OCH3 is 1. The number of allylic oxidation sites excluding steroid dienone is 3. The Morgan fingerprint density at radius 1 is 1.15 bits per heavy atom. The highest BCUT2D eigenvalue weighted by molar-refractivity contribution is 5.99. The zero-order chi connectivity index (χ0) is 34.2. The van der Waals surface area contributed by atoms with Gasteiger partial charge in [-0.2, -0.15) is 4.98 Å². The van der Waals surface area contributed by atoms with Gasteiger partial charge in [-0.25, -0.2) is 13.8 Å². The lowest BCUT2D eigenvalue weighted by Gasteiger charge is -2.19. The average Bonchev–Trinajstić information content (AvgIpc) is 3.04. The molecule has 2 heterocycles. The van der Waals surface area contributed by atoms with Crippen molar-refractivity contribution < 1.29 is 13.5 Å². The van der Waals surface area contributed by atoms with Crippen molar-refractivity contribution in [2.24, 2.45) is 10.7 Å². The normalized spacial score (nSPS) is 12.8. The molecule has 1 atom stereocenters. The second kappa shape index (κ2) is 19.3. The molecule has 0 fully saturated rings. The minimum absolute atomic E-state index is 0.0822. The number of rotatable bonds is 16. The number of anilines is 1. The summed E-state index contributed by atoms with van der Waals surface area (Å²) in [4.78, 5) is 29.3. The maximum absolute atomic E-state index is 15.0. The van der Waals surface area contributed by atoms with Crippen LogP contribution in [0.15, 0.2) is 76.1 Å². The predicted octanol–water partition coefficient (Wildman–Crippen LogP) is 6.39. The first-order valence-corrected chi connectivity index (χ1v) is 15.8. The smallest absolute Gasteiger partial charge is 0.256 e. The number of nitrogens with two attached hydrogens (primary N) is 1. The molecule has 3 aromatic rings. The lowest BCUT2D eigenvalue weighted by Crippen LogP contribution is -2.26. The van der Waals surface area contributed by atoms with E-state index < -0.39 is 22.9 Å². The van der Waals surface area contributed by atoms with Crippen molar-refractivity contribution in [3.05, 3.63) is 94.0 Å². The van der Waals surface area contributed by atoms with Crippen LogP contribution in [0.25, 0.3) is 16.7 Å². The zero-order valence-electron chi connectivity index (χ0n) is 28.2. The van der Waals surface area contributed by atoms with Crippen molar-refractivity contribution in [2.75, 3.05) is 51.8 Å². The molecule has 3 rings (SSSR count). The molecule has 3 N–H and O–H groups in total. The summed E-state index contributed by atoms with van der Waals surface area (Å²) < 4.78 is 36.1. The highest BCUT2D eigenvalue weighted by atomic mass is 19.1. The fraction of sp³-hybridized carbons (Fsp3) is 0.429. The van der Waals surface area contributed by atoms with Crippen LogP contribution in [-0.2, 0) is 4.74 Å². The number of aliphatic imine (C=N–C) groups is 1. The first-order valence-electron chi connectivity index (χ1n) is 15.8. The molecule has 46 heavy (non-hydrogen) atoms. The lowest BCUT2D eigenvalue weighted by atomic mass is 9.99. The Balaban J connectivity index is 0.00000361. The lowest BCUT2D eigenvalue weighted by molar-refractivity contribution is 0.208. The molecule has 1 aromatic carbocycles. The standard InChI is InChI=1S/C33H43F2N7O2.C2H6/c1-7-41(8-2)19-10-17-38-33-39-29(23(5)21-24(14-13-22(3)4)31(36)37-18-20-44-6)25-15-16-28(43)42(32(25)40-33)30-26(34)11-9-12-27(30)35;1-2/h9,11-16,21,23H,3,7-8,10,17-20H2,1-2,4-6H3,(H2,36,37)(H,38,39,40);1-2H3/b14-13-,24-21+;. The highest BCUT2D eigenvalue weighted by Gasteiger charge is 2.21. The Kier molecular flexibility index (Phi) is 16.0. The summed E-state index contributed by atoms with van der Waals surface area (Å²) >= 11 is 0. The van der Waals surface area contributed by atoms with Gasteiger partial charge in [0.2, 0.25) is 5.95 Å². The molecule has 0 aliphatic rings. The van der Waals surface area contributed by atoms with Gasteiger partial charge < -0.3 is 20.7 Å². The molecule has 0 saturated heterocycles. The third-order valence-corrected chi connectivity index (χ3v) is 7.05. The second-order valence-corrected chi connectivity index (χ2v) is 10.4. The first-order chi connectivity index (χ1) is 22.1. The summed E-state index contributed by atoms with van der Waals surface area (Å²) in [5.74, 6) is -1.59. The molecule has 2 aromatic heterocycles. The van der Waals surface area contributed by atoms with Gasteiger partial charge in [-0.15, -0.1) is 0 Å². The van der Waals surface area contributed by atoms with Gasteiger partial charge in [-0.1, -0.05) is 71.1 Å². The van der Waals surface area contributed by atoms with E-state index in [2.05, 4.69) is 40.6 Å². The van der Waals surface area contributed by atoms with Gasteiger partial charge in [0.15, 0.2) is 5.65 Å². The Hall–Kier alpha value is -4.22. The van der Waals surface area contributed by atoms with Crippen molar-refractivity contribution in [3.63, 3.8) is 0 Å². The Morgan fingerprint density at radius 3 is 2.43 bits per heavy atom. The predicted molar refractivity (Wildman–Crippen MR) is 186 cm³/mol. The molecular weight excluding hydrogens is 588 g/mol. The topological polar surface area (TPSA) is 111 Å². The maximum Gasteiger partial charge on any atom is 0.256 e. The van der Waals surface area contributed by atoms with E-state index in [4.69, 9.17) is 15.5 Å². The summed E-state index contributed by atoms with van der Waals surface area (Å²) in [6, 6.07) is 6.30. The van der Waals surface area contributed by atoms with Crippen LogP contribution in [0.1, 0.15) is 59.6 Å². The number of hydrogen-bond donors (Lipinski definition) is 2. The van der Waals surface area contributed by atoms with Gasteiger partial charge in [0.25, 0.3) is 5.56 Å². The van der Waals surface area contributed by atoms with Gasteiger partial charge in [-0.05, 0) is 51.2 Å². The summed E-state index contributed by atoms with van der Waals surface area (Å²) in [6.45, 7) is 20.1. The van der Waals surface area contributed by atoms with E-state index >= 15 is 8.78 Å². The van der Waals surface area contributed by atoms with Crippen LogP contribution in [0.4, 0.5) is 14.7 Å². The van der Waals surface area contributed by atoms with Gasteiger partial charge in [0.05, 0.1) is 18.8 Å². The molecule has 250 valence electrons. The van der Waals surface area contributed by atoms with Gasteiger partial charge >= 0.3 is 0 Å². The Labute approximate surface area is 271 Å². The van der Waals surface area contributed by atoms with E-state index in [0.717, 1.165) is 48.3 Å². The van der Waals surface area contributed by atoms with Crippen LogP contribution in [-0.4, -0.2) is 71.7 Å². The van der Waals surface area contributed by atoms with Gasteiger partial charge in [0, 0.05) is 36.6 Å². The molecule has 0 spiro atoms. The Bertz CT molecular complexity index is 1570. The number of ether oxygens (including phenoxy) is 1. The third kappa shape index (κ3) is 10.4. The Morgan fingerprint density at radius 2 is 1.83 bits per heavy atom. The van der Waals surface area contributed by atoms with Gasteiger partial charge in [-0.3, -0.25) is 14.4 Å². The van der Waals surface area contributed by atoms with E-state index in [1.165, 1.54) is 12.1 Å². The number of amidine groups is 1. The third-order valence-electron chi connectivity index (χ3n) is 7.05. The number of aromatic nitrogens is 3. The zero-order valence-corrected chi connectivity index (χ0v) is 28.2. The fourth-order valence-corrected chi connectivity index (χ4v) is 4.68. The van der Waals surface area contributed by atoms with Crippen LogP contribution < -0.4 is 16.6 Å². The molecule has 0 saturated carbocycles. The number of halogens is 2. The number of nitrogens with one attached hydrogen (secondary N) is 1. The van der Waals surface area contributed by atoms with E-state index in [9.17, 15) is 4.79 Å². The van der Waals surface area contributed by atoms with E-state index in [1.807, 2.05) is 45.9 Å². The number of pyridine rings is 1. The minimum Gasteiger partial charge on any atom is -0.384 e. The molecule has 11 heteroatoms. The highest BCUT2D eigenvalue weighted by Crippen LogP contribution is 2.28. The van der Waals surface area contributed by atoms with Crippen molar-refractivity contribution in [3.8, 4) is 5.69 Å². The molecule has 9 nitrogen and oxygen atoms in total. The minimum atomic E-state index is -0.881. The number of para-hydroxylation sites is 1. The molecule has 0 bridgehead atoms. The van der Waals surface area contributed by atoms with Crippen molar-refractivity contribution in [1.82, 2.24) is 19.4 Å². The average molecular weight is 638 g/mol. The first kappa shape index (κ1) is 38.0. The summed E-state index contributed by atoms with van der Waals surface area (Å²) in [7, 11) is 1.59. The summed E-state index contributed by atoms with van der Waals surface area (Å²) in [6.07, 6.45) is 6.37. The van der Waals surface area contributed by atoms with Gasteiger partial charge in [0.1, 0.15) is 23.2 Å². The SMILES string of the molecule is C=C(C)/C=C\C(=C/C(C)c1nc(NCCCN(CC)CC)nc2c1ccc(=O)n2-c1c(F)cccc1F)C(N)=NCCOC.CC. The maximum atomic E-state index is 15.0. The molecule has 0 radical (unpaired) electrons. The van der Waals surface area contributed by atoms with E-state index in [-0.39, 0.29) is 17.5 Å². The van der Waals surface area contributed by atoms with Crippen LogP contribution in [0.2, 0.25) is 0 Å². The quantitative estimate of drug-likeness (QED) is 0.0810. The molecule has 0 aliphatic heterocycles. The molecule has 0 aliphatic carbocycles. The molecule has 1 unspecified atom stereocenters. The summed E-state index contributed by atoms with van der Waals surface area (Å²) in [5.41, 5.74) is 7.33. The fourth-order valence-electron chi connectivity index (χ4n) is 4.68. The van der Waals surface area contributed by atoms with Crippen LogP contribution >= 0.6 is 0 Å². The second-order valence-electron chi connectivity index (χ2n) is 10.4. The summed E-state index contributed by atoms with van der Waals surface area (Å²) in [5, 5.41) is 3.71. The molecular formula is C35H49F2N7O2.